The number of para-hydroxylation sites is 2. The lowest BCUT2D eigenvalue weighted by Gasteiger charge is -1.94. The second-order valence-corrected chi connectivity index (χ2v) is 6.47. The lowest BCUT2D eigenvalue weighted by atomic mass is 9.88. The van der Waals surface area contributed by atoms with Crippen molar-refractivity contribution in [3.63, 3.8) is 0 Å². The van der Waals surface area contributed by atoms with Crippen LogP contribution in [0.25, 0.3) is 33.3 Å². The molecule has 7 heteroatoms. The molecular weight excluding hydrogens is 376 g/mol. The van der Waals surface area contributed by atoms with Crippen molar-refractivity contribution >= 4 is 46.3 Å². The summed E-state index contributed by atoms with van der Waals surface area (Å²) in [5, 5.41) is 20.0. The Hall–Kier alpha value is -3.06. The standard InChI is InChI=1S/C13H8ClNO.C8H7BO3/c14-13-6-5-10(8-15-13)12-7-9-3-1-2-4-11(9)16-12;10-9(11)8-5-6-3-1-2-4-7(6)12-8/h1-8H;1-5,10-11H. The predicted molar refractivity (Wildman–Crippen MR) is 110 cm³/mol. The zero-order chi connectivity index (χ0) is 19.5. The maximum atomic E-state index is 8.79. The summed E-state index contributed by atoms with van der Waals surface area (Å²) in [6, 6.07) is 22.5. The Bertz CT molecular complexity index is 1150. The Labute approximate surface area is 166 Å². The SMILES string of the molecule is Clc1ccc(-c2cc3ccccc3o2)cn1.OB(O)c1cc2ccccc2o1. The molecule has 0 saturated carbocycles. The summed E-state index contributed by atoms with van der Waals surface area (Å²) >= 11 is 5.74. The van der Waals surface area contributed by atoms with Crippen molar-refractivity contribution in [3.05, 3.63) is 84.1 Å². The summed E-state index contributed by atoms with van der Waals surface area (Å²) in [6.45, 7) is 0. The molecule has 3 aromatic heterocycles. The van der Waals surface area contributed by atoms with E-state index in [2.05, 4.69) is 4.98 Å². The lowest BCUT2D eigenvalue weighted by Crippen LogP contribution is -2.27. The molecule has 0 amide bonds. The number of nitrogens with zero attached hydrogens (tertiary/aromatic N) is 1. The number of hydrogen-bond acceptors (Lipinski definition) is 5. The highest BCUT2D eigenvalue weighted by atomic mass is 35.5. The zero-order valence-electron chi connectivity index (χ0n) is 14.6. The van der Waals surface area contributed by atoms with Crippen LogP contribution in [0.1, 0.15) is 0 Å². The molecule has 138 valence electrons. The fourth-order valence-corrected chi connectivity index (χ4v) is 2.89. The van der Waals surface area contributed by atoms with Crippen LogP contribution in [-0.4, -0.2) is 22.2 Å². The molecule has 2 N–H and O–H groups in total. The fraction of sp³-hybridized carbons (Fsp3) is 0. The minimum atomic E-state index is -1.53. The number of benzene rings is 2. The van der Waals surface area contributed by atoms with Crippen molar-refractivity contribution in [3.8, 4) is 11.3 Å². The average molecular weight is 392 g/mol. The van der Waals surface area contributed by atoms with Crippen LogP contribution in [0.4, 0.5) is 0 Å². The first kappa shape index (κ1) is 18.3. The molecule has 0 aliphatic carbocycles. The van der Waals surface area contributed by atoms with Crippen LogP contribution in [0.5, 0.6) is 0 Å². The second kappa shape index (κ2) is 7.90. The molecule has 0 unspecified atom stereocenters. The maximum absolute atomic E-state index is 8.79. The molecule has 0 spiro atoms. The second-order valence-electron chi connectivity index (χ2n) is 6.08. The molecule has 2 aromatic carbocycles. The van der Waals surface area contributed by atoms with Gasteiger partial charge in [0.15, 0.2) is 0 Å². The van der Waals surface area contributed by atoms with Crippen LogP contribution >= 0.6 is 11.6 Å². The summed E-state index contributed by atoms with van der Waals surface area (Å²) in [5.74, 6) is 0.811. The largest absolute Gasteiger partial charge is 0.526 e. The van der Waals surface area contributed by atoms with Crippen LogP contribution in [0, 0.1) is 0 Å². The number of furan rings is 2. The summed E-state index contributed by atoms with van der Waals surface area (Å²) in [5.41, 5.74) is 2.66. The molecule has 5 aromatic rings. The van der Waals surface area contributed by atoms with Crippen molar-refractivity contribution in [2.24, 2.45) is 0 Å². The Morgan fingerprint density at radius 2 is 1.43 bits per heavy atom. The van der Waals surface area contributed by atoms with Gasteiger partial charge in [-0.3, -0.25) is 0 Å². The molecule has 0 atom stereocenters. The molecule has 0 saturated heterocycles. The van der Waals surface area contributed by atoms with Crippen LogP contribution in [-0.2, 0) is 0 Å². The van der Waals surface area contributed by atoms with Crippen molar-refractivity contribution in [2.75, 3.05) is 0 Å². The van der Waals surface area contributed by atoms with Crippen LogP contribution in [0.15, 0.2) is 87.8 Å². The van der Waals surface area contributed by atoms with E-state index >= 15 is 0 Å². The third-order valence-electron chi connectivity index (χ3n) is 4.14. The van der Waals surface area contributed by atoms with E-state index in [0.717, 1.165) is 27.7 Å². The minimum absolute atomic E-state index is 0.177. The van der Waals surface area contributed by atoms with Crippen LogP contribution < -0.4 is 5.66 Å². The molecular formula is C21H15BClNO4. The lowest BCUT2D eigenvalue weighted by molar-refractivity contribution is 0.412. The van der Waals surface area contributed by atoms with Gasteiger partial charge in [-0.05, 0) is 36.4 Å². The van der Waals surface area contributed by atoms with Gasteiger partial charge in [-0.15, -0.1) is 0 Å². The highest BCUT2D eigenvalue weighted by Crippen LogP contribution is 2.27. The topological polar surface area (TPSA) is 79.6 Å². The first-order valence-electron chi connectivity index (χ1n) is 8.55. The van der Waals surface area contributed by atoms with E-state index in [-0.39, 0.29) is 5.66 Å². The molecule has 5 nitrogen and oxygen atoms in total. The van der Waals surface area contributed by atoms with Gasteiger partial charge in [-0.1, -0.05) is 48.0 Å². The average Bonchev–Trinajstić information content (AvgIpc) is 3.33. The molecule has 5 rings (SSSR count). The van der Waals surface area contributed by atoms with Crippen molar-refractivity contribution in [2.45, 2.75) is 0 Å². The number of rotatable bonds is 2. The highest BCUT2D eigenvalue weighted by molar-refractivity contribution is 6.57. The van der Waals surface area contributed by atoms with E-state index in [9.17, 15) is 0 Å². The first-order valence-corrected chi connectivity index (χ1v) is 8.93. The monoisotopic (exact) mass is 391 g/mol. The summed E-state index contributed by atoms with van der Waals surface area (Å²) < 4.78 is 10.8. The first-order chi connectivity index (χ1) is 13.6. The minimum Gasteiger partial charge on any atom is -0.465 e. The Balaban J connectivity index is 0.000000143. The van der Waals surface area contributed by atoms with Gasteiger partial charge in [0.1, 0.15) is 27.7 Å². The smallest absolute Gasteiger partial charge is 0.465 e. The van der Waals surface area contributed by atoms with E-state index in [1.165, 1.54) is 0 Å². The van der Waals surface area contributed by atoms with Crippen molar-refractivity contribution < 1.29 is 18.9 Å². The van der Waals surface area contributed by atoms with Crippen LogP contribution in [0.2, 0.25) is 5.15 Å². The number of fused-ring (bicyclic) bond motifs is 2. The number of hydrogen-bond donors (Lipinski definition) is 2. The van der Waals surface area contributed by atoms with Crippen LogP contribution in [0.3, 0.4) is 0 Å². The Morgan fingerprint density at radius 1 is 0.786 bits per heavy atom. The van der Waals surface area contributed by atoms with Gasteiger partial charge in [-0.25, -0.2) is 4.98 Å². The zero-order valence-corrected chi connectivity index (χ0v) is 15.4. The van der Waals surface area contributed by atoms with E-state index < -0.39 is 7.12 Å². The quantitative estimate of drug-likeness (QED) is 0.347. The fourth-order valence-electron chi connectivity index (χ4n) is 2.78. The summed E-state index contributed by atoms with van der Waals surface area (Å²) in [4.78, 5) is 4.03. The molecule has 0 bridgehead atoms. The molecule has 28 heavy (non-hydrogen) atoms. The molecule has 0 fully saturated rings. The third-order valence-corrected chi connectivity index (χ3v) is 4.36. The molecule has 0 radical (unpaired) electrons. The van der Waals surface area contributed by atoms with Gasteiger partial charge in [0.05, 0.1) is 0 Å². The molecule has 0 aliphatic rings. The Morgan fingerprint density at radius 3 is 2.00 bits per heavy atom. The van der Waals surface area contributed by atoms with Crippen molar-refractivity contribution in [1.29, 1.82) is 0 Å². The Kier molecular flexibility index (Phi) is 5.17. The van der Waals surface area contributed by atoms with Gasteiger partial charge in [0, 0.05) is 22.5 Å². The van der Waals surface area contributed by atoms with E-state index in [1.807, 2.05) is 54.6 Å². The van der Waals surface area contributed by atoms with Gasteiger partial charge in [0.2, 0.25) is 0 Å². The normalized spacial score (nSPS) is 10.7. The number of halogens is 1. The van der Waals surface area contributed by atoms with Gasteiger partial charge in [0.25, 0.3) is 0 Å². The number of pyridine rings is 1. The summed E-state index contributed by atoms with van der Waals surface area (Å²) in [7, 11) is -1.53. The predicted octanol–water partition coefficient (Wildman–Crippen LogP) is 4.26. The van der Waals surface area contributed by atoms with Gasteiger partial charge < -0.3 is 18.9 Å². The summed E-state index contributed by atoms with van der Waals surface area (Å²) in [6.07, 6.45) is 1.71. The van der Waals surface area contributed by atoms with Gasteiger partial charge in [-0.2, -0.15) is 0 Å². The van der Waals surface area contributed by atoms with Gasteiger partial charge >= 0.3 is 7.12 Å². The van der Waals surface area contributed by atoms with E-state index in [1.54, 1.807) is 24.4 Å². The third kappa shape index (κ3) is 3.94. The van der Waals surface area contributed by atoms with Crippen molar-refractivity contribution in [1.82, 2.24) is 4.98 Å². The highest BCUT2D eigenvalue weighted by Gasteiger charge is 2.16. The number of aromatic nitrogens is 1. The van der Waals surface area contributed by atoms with E-state index in [0.29, 0.717) is 10.7 Å². The van der Waals surface area contributed by atoms with E-state index in [4.69, 9.17) is 30.5 Å². The molecule has 3 heterocycles. The maximum Gasteiger partial charge on any atom is 0.526 e. The molecule has 0 aliphatic heterocycles.